The van der Waals surface area contributed by atoms with Crippen LogP contribution < -0.4 is 4.74 Å². The first kappa shape index (κ1) is 19.9. The highest BCUT2D eigenvalue weighted by molar-refractivity contribution is 5.71. The molecule has 0 radical (unpaired) electrons. The van der Waals surface area contributed by atoms with E-state index in [0.29, 0.717) is 13.2 Å². The number of methoxy groups -OCH3 is 1. The Labute approximate surface area is 164 Å². The van der Waals surface area contributed by atoms with Crippen LogP contribution in [0.4, 0.5) is 4.79 Å². The average molecular weight is 383 g/mol. The second-order valence-electron chi connectivity index (χ2n) is 6.62. The van der Waals surface area contributed by atoms with E-state index in [-0.39, 0.29) is 6.61 Å². The molecule has 0 saturated carbocycles. The standard InChI is InChI=1S/C22H25NO5/c1-3-20(24)21-19(15-27-14-17-7-5-4-6-8-17)23(22(25)28-21)13-16-9-11-18(26-2)12-10-16/h3-12,19-21,24H,1,13-15H2,2H3/t19-,20+,21-/m0/s1. The molecule has 1 fully saturated rings. The molecule has 1 saturated heterocycles. The Morgan fingerprint density at radius 2 is 1.89 bits per heavy atom. The predicted molar refractivity (Wildman–Crippen MR) is 105 cm³/mol. The van der Waals surface area contributed by atoms with Crippen molar-refractivity contribution in [3.05, 3.63) is 78.4 Å². The third-order valence-electron chi connectivity index (χ3n) is 4.74. The number of carbonyl (C=O) groups is 1. The summed E-state index contributed by atoms with van der Waals surface area (Å²) in [6, 6.07) is 16.8. The van der Waals surface area contributed by atoms with E-state index in [2.05, 4.69) is 6.58 Å². The number of carbonyl (C=O) groups excluding carboxylic acids is 1. The summed E-state index contributed by atoms with van der Waals surface area (Å²) in [4.78, 5) is 14.0. The maximum Gasteiger partial charge on any atom is 0.410 e. The van der Waals surface area contributed by atoms with Crippen LogP contribution in [0.2, 0.25) is 0 Å². The minimum atomic E-state index is -0.963. The van der Waals surface area contributed by atoms with Crippen LogP contribution in [0.5, 0.6) is 5.75 Å². The largest absolute Gasteiger partial charge is 0.497 e. The second kappa shape index (κ2) is 9.39. The Balaban J connectivity index is 1.71. The van der Waals surface area contributed by atoms with Gasteiger partial charge in [-0.15, -0.1) is 6.58 Å². The molecule has 3 rings (SSSR count). The van der Waals surface area contributed by atoms with Gasteiger partial charge < -0.3 is 19.3 Å². The highest BCUT2D eigenvalue weighted by Crippen LogP contribution is 2.26. The molecule has 1 heterocycles. The fourth-order valence-electron chi connectivity index (χ4n) is 3.17. The van der Waals surface area contributed by atoms with E-state index in [4.69, 9.17) is 14.2 Å². The van der Waals surface area contributed by atoms with Crippen LogP contribution in [0, 0.1) is 0 Å². The second-order valence-corrected chi connectivity index (χ2v) is 6.62. The Morgan fingerprint density at radius 3 is 2.54 bits per heavy atom. The molecule has 1 aliphatic heterocycles. The highest BCUT2D eigenvalue weighted by Gasteiger charge is 2.44. The van der Waals surface area contributed by atoms with Gasteiger partial charge in [-0.1, -0.05) is 48.5 Å². The molecule has 2 aromatic rings. The summed E-state index contributed by atoms with van der Waals surface area (Å²) in [6.45, 7) is 4.61. The summed E-state index contributed by atoms with van der Waals surface area (Å²) in [5.74, 6) is 0.746. The van der Waals surface area contributed by atoms with Crippen LogP contribution in [-0.4, -0.2) is 48.1 Å². The molecule has 28 heavy (non-hydrogen) atoms. The molecule has 148 valence electrons. The summed E-state index contributed by atoms with van der Waals surface area (Å²) in [7, 11) is 1.61. The van der Waals surface area contributed by atoms with Crippen LogP contribution in [0.25, 0.3) is 0 Å². The van der Waals surface area contributed by atoms with Crippen molar-refractivity contribution in [2.45, 2.75) is 31.4 Å². The molecule has 1 N–H and O–H groups in total. The van der Waals surface area contributed by atoms with Crippen molar-refractivity contribution in [2.75, 3.05) is 13.7 Å². The molecule has 1 amide bonds. The minimum Gasteiger partial charge on any atom is -0.497 e. The number of benzene rings is 2. The molecule has 1 aliphatic rings. The lowest BCUT2D eigenvalue weighted by Crippen LogP contribution is -2.44. The summed E-state index contributed by atoms with van der Waals surface area (Å²) in [5, 5.41) is 10.2. The van der Waals surface area contributed by atoms with Crippen molar-refractivity contribution < 1.29 is 24.1 Å². The smallest absolute Gasteiger partial charge is 0.410 e. The van der Waals surface area contributed by atoms with Gasteiger partial charge in [0.2, 0.25) is 0 Å². The van der Waals surface area contributed by atoms with Gasteiger partial charge >= 0.3 is 6.09 Å². The van der Waals surface area contributed by atoms with Gasteiger partial charge in [-0.3, -0.25) is 4.90 Å². The number of aliphatic hydroxyl groups excluding tert-OH is 1. The fraction of sp³-hybridized carbons (Fsp3) is 0.318. The molecular formula is C22H25NO5. The molecular weight excluding hydrogens is 358 g/mol. The van der Waals surface area contributed by atoms with Crippen molar-refractivity contribution in [3.63, 3.8) is 0 Å². The zero-order chi connectivity index (χ0) is 19.9. The lowest BCUT2D eigenvalue weighted by molar-refractivity contribution is 0.00919. The van der Waals surface area contributed by atoms with Crippen molar-refractivity contribution >= 4 is 6.09 Å². The van der Waals surface area contributed by atoms with E-state index >= 15 is 0 Å². The summed E-state index contributed by atoms with van der Waals surface area (Å²) >= 11 is 0. The number of amides is 1. The van der Waals surface area contributed by atoms with Crippen LogP contribution in [0.3, 0.4) is 0 Å². The number of hydrogen-bond donors (Lipinski definition) is 1. The molecule has 3 atom stereocenters. The zero-order valence-electron chi connectivity index (χ0n) is 15.9. The monoisotopic (exact) mass is 383 g/mol. The summed E-state index contributed by atoms with van der Waals surface area (Å²) in [5.41, 5.74) is 1.97. The van der Waals surface area contributed by atoms with Gasteiger partial charge in [-0.2, -0.15) is 0 Å². The van der Waals surface area contributed by atoms with Gasteiger partial charge in [0.1, 0.15) is 11.9 Å². The molecule has 0 unspecified atom stereocenters. The third kappa shape index (κ3) is 4.71. The number of nitrogens with zero attached hydrogens (tertiary/aromatic N) is 1. The number of hydrogen-bond acceptors (Lipinski definition) is 5. The van der Waals surface area contributed by atoms with Gasteiger partial charge in [0.15, 0.2) is 6.10 Å². The van der Waals surface area contributed by atoms with Crippen LogP contribution in [0.15, 0.2) is 67.3 Å². The van der Waals surface area contributed by atoms with Crippen LogP contribution in [0.1, 0.15) is 11.1 Å². The van der Waals surface area contributed by atoms with E-state index in [9.17, 15) is 9.90 Å². The molecule has 2 aromatic carbocycles. The highest BCUT2D eigenvalue weighted by atomic mass is 16.6. The zero-order valence-corrected chi connectivity index (χ0v) is 15.9. The maximum atomic E-state index is 12.5. The van der Waals surface area contributed by atoms with E-state index < -0.39 is 24.3 Å². The molecule has 0 spiro atoms. The fourth-order valence-corrected chi connectivity index (χ4v) is 3.17. The van der Waals surface area contributed by atoms with Gasteiger partial charge in [0.25, 0.3) is 0 Å². The lowest BCUT2D eigenvalue weighted by Gasteiger charge is -2.26. The summed E-state index contributed by atoms with van der Waals surface area (Å²) in [6.07, 6.45) is -0.789. The Kier molecular flexibility index (Phi) is 6.68. The van der Waals surface area contributed by atoms with Crippen molar-refractivity contribution in [1.29, 1.82) is 0 Å². The Bertz CT molecular complexity index is 777. The summed E-state index contributed by atoms with van der Waals surface area (Å²) < 4.78 is 16.4. The first-order valence-corrected chi connectivity index (χ1v) is 9.15. The third-order valence-corrected chi connectivity index (χ3v) is 4.74. The maximum absolute atomic E-state index is 12.5. The molecule has 0 bridgehead atoms. The van der Waals surface area contributed by atoms with E-state index in [1.54, 1.807) is 12.0 Å². The molecule has 0 aromatic heterocycles. The number of cyclic esters (lactones) is 1. The molecule has 6 heteroatoms. The number of ether oxygens (including phenoxy) is 3. The first-order valence-electron chi connectivity index (χ1n) is 9.15. The number of aliphatic hydroxyl groups is 1. The van der Waals surface area contributed by atoms with E-state index in [1.807, 2.05) is 54.6 Å². The van der Waals surface area contributed by atoms with Gasteiger partial charge in [-0.25, -0.2) is 4.79 Å². The minimum absolute atomic E-state index is 0.242. The first-order chi connectivity index (χ1) is 13.6. The topological polar surface area (TPSA) is 68.2 Å². The lowest BCUT2D eigenvalue weighted by atomic mass is 10.0. The van der Waals surface area contributed by atoms with Crippen molar-refractivity contribution in [3.8, 4) is 5.75 Å². The van der Waals surface area contributed by atoms with Gasteiger partial charge in [0.05, 0.1) is 26.4 Å². The Hall–Kier alpha value is -2.83. The quantitative estimate of drug-likeness (QED) is 0.674. The SMILES string of the molecule is C=C[C@@H](O)[C@H]1OC(=O)N(Cc2ccc(OC)cc2)[C@H]1COCc1ccccc1. The number of rotatable bonds is 9. The average Bonchev–Trinajstić information content (AvgIpc) is 3.04. The van der Waals surface area contributed by atoms with Crippen LogP contribution in [-0.2, 0) is 22.6 Å². The molecule has 0 aliphatic carbocycles. The van der Waals surface area contributed by atoms with Crippen LogP contribution >= 0.6 is 0 Å². The normalized spacial score (nSPS) is 19.9. The van der Waals surface area contributed by atoms with Gasteiger partial charge in [0, 0.05) is 6.54 Å². The van der Waals surface area contributed by atoms with Crippen molar-refractivity contribution in [1.82, 2.24) is 4.90 Å². The Morgan fingerprint density at radius 1 is 1.18 bits per heavy atom. The van der Waals surface area contributed by atoms with E-state index in [1.165, 1.54) is 6.08 Å². The predicted octanol–water partition coefficient (Wildman–Crippen LogP) is 3.15. The van der Waals surface area contributed by atoms with Gasteiger partial charge in [-0.05, 0) is 23.3 Å². The van der Waals surface area contributed by atoms with E-state index in [0.717, 1.165) is 16.9 Å². The van der Waals surface area contributed by atoms with Crippen molar-refractivity contribution in [2.24, 2.45) is 0 Å². The molecule has 6 nitrogen and oxygen atoms in total.